The highest BCUT2D eigenvalue weighted by atomic mass is 79.9. The fraction of sp³-hybridized carbons (Fsp3) is 0.0323. The molecule has 0 fully saturated rings. The molecule has 184 valence electrons. The molecule has 6 aromatic rings. The van der Waals surface area contributed by atoms with E-state index < -0.39 is 7.12 Å². The summed E-state index contributed by atoms with van der Waals surface area (Å²) in [4.78, 5) is 8.58. The van der Waals surface area contributed by atoms with Gasteiger partial charge in [0.2, 0.25) is 0 Å². The van der Waals surface area contributed by atoms with Gasteiger partial charge in [0, 0.05) is 27.6 Å². The molecular weight excluding hydrogens is 523 g/mol. The number of fused-ring (bicyclic) bond motifs is 2. The van der Waals surface area contributed by atoms with Crippen LogP contribution in [-0.4, -0.2) is 27.1 Å². The van der Waals surface area contributed by atoms with E-state index in [0.717, 1.165) is 20.9 Å². The smallest absolute Gasteiger partial charge is 0.423 e. The summed E-state index contributed by atoms with van der Waals surface area (Å²) < 4.78 is 1.10. The third-order valence-electron chi connectivity index (χ3n) is 5.42. The van der Waals surface area contributed by atoms with Crippen LogP contribution in [0.3, 0.4) is 0 Å². The highest BCUT2D eigenvalue weighted by Crippen LogP contribution is 2.27. The summed E-state index contributed by atoms with van der Waals surface area (Å²) in [5.41, 5.74) is 5.08. The molecule has 4 nitrogen and oxygen atoms in total. The molecule has 0 amide bonds. The number of aromatic nitrogens is 2. The van der Waals surface area contributed by atoms with Gasteiger partial charge < -0.3 is 10.0 Å². The lowest BCUT2D eigenvalue weighted by molar-refractivity contribution is 0.426. The molecule has 0 saturated carbocycles. The van der Waals surface area contributed by atoms with Gasteiger partial charge in [0.05, 0.1) is 11.0 Å². The van der Waals surface area contributed by atoms with Gasteiger partial charge in [-0.3, -0.25) is 9.97 Å². The van der Waals surface area contributed by atoms with Crippen molar-refractivity contribution < 1.29 is 10.0 Å². The van der Waals surface area contributed by atoms with Gasteiger partial charge in [-0.25, -0.2) is 0 Å². The predicted octanol–water partition coefficient (Wildman–Crippen LogP) is 6.90. The lowest BCUT2D eigenvalue weighted by Crippen LogP contribution is -2.29. The molecule has 2 N–H and O–H groups in total. The van der Waals surface area contributed by atoms with Gasteiger partial charge in [0.25, 0.3) is 0 Å². The normalized spacial score (nSPS) is 9.81. The first-order valence-electron chi connectivity index (χ1n) is 11.4. The summed E-state index contributed by atoms with van der Waals surface area (Å²) in [5.74, 6) is 0. The van der Waals surface area contributed by atoms with Crippen LogP contribution in [0.4, 0.5) is 0 Å². The quantitative estimate of drug-likeness (QED) is 0.230. The molecule has 6 heteroatoms. The molecule has 2 heterocycles. The van der Waals surface area contributed by atoms with Gasteiger partial charge in [-0.05, 0) is 46.9 Å². The van der Waals surface area contributed by atoms with Crippen molar-refractivity contribution in [1.29, 1.82) is 0 Å². The van der Waals surface area contributed by atoms with Crippen LogP contribution < -0.4 is 5.46 Å². The highest BCUT2D eigenvalue weighted by Gasteiger charge is 2.07. The number of halogens is 1. The lowest BCUT2D eigenvalue weighted by atomic mass is 9.81. The van der Waals surface area contributed by atoms with E-state index in [1.54, 1.807) is 30.5 Å². The minimum atomic E-state index is -1.34. The minimum Gasteiger partial charge on any atom is -0.423 e. The summed E-state index contributed by atoms with van der Waals surface area (Å²) in [6, 6.07) is 39.4. The maximum atomic E-state index is 8.58. The first-order chi connectivity index (χ1) is 17.6. The average Bonchev–Trinajstić information content (AvgIpc) is 2.95. The van der Waals surface area contributed by atoms with Crippen LogP contribution in [0.5, 0.6) is 0 Å². The molecule has 0 saturated heterocycles. The first kappa shape index (κ1) is 27.7. The molecule has 0 spiro atoms. The zero-order valence-corrected chi connectivity index (χ0v) is 21.0. The van der Waals surface area contributed by atoms with Crippen LogP contribution in [0.1, 0.15) is 7.43 Å². The Morgan fingerprint density at radius 2 is 1.08 bits per heavy atom. The lowest BCUT2D eigenvalue weighted by Gasteiger charge is -2.05. The Hall–Kier alpha value is -3.84. The first-order valence-corrected chi connectivity index (χ1v) is 12.2. The summed E-state index contributed by atoms with van der Waals surface area (Å²) in [6.07, 6.45) is 3.63. The molecule has 0 atom stereocenters. The van der Waals surface area contributed by atoms with E-state index in [1.807, 2.05) is 60.8 Å². The third-order valence-corrected chi connectivity index (χ3v) is 6.11. The van der Waals surface area contributed by atoms with Gasteiger partial charge >= 0.3 is 7.12 Å². The molecule has 6 rings (SSSR count). The van der Waals surface area contributed by atoms with Crippen molar-refractivity contribution in [1.82, 2.24) is 9.97 Å². The Balaban J connectivity index is 0.000000160. The summed E-state index contributed by atoms with van der Waals surface area (Å²) in [5, 5.41) is 19.5. The molecule has 0 unspecified atom stereocenters. The second-order valence-electron chi connectivity index (χ2n) is 7.84. The van der Waals surface area contributed by atoms with E-state index in [-0.39, 0.29) is 7.43 Å². The van der Waals surface area contributed by atoms with E-state index in [4.69, 9.17) is 10.0 Å². The van der Waals surface area contributed by atoms with Crippen LogP contribution in [0.2, 0.25) is 0 Å². The van der Waals surface area contributed by atoms with Crippen LogP contribution >= 0.6 is 15.9 Å². The molecular formula is C31H28BBrN2O2. The van der Waals surface area contributed by atoms with E-state index in [0.29, 0.717) is 5.46 Å². The Kier molecular flexibility index (Phi) is 10.5. The molecule has 0 aliphatic carbocycles. The van der Waals surface area contributed by atoms with Crippen molar-refractivity contribution in [3.63, 3.8) is 0 Å². The molecule has 37 heavy (non-hydrogen) atoms. The Bertz CT molecular complexity index is 1520. The number of hydrogen-bond acceptors (Lipinski definition) is 4. The van der Waals surface area contributed by atoms with Crippen molar-refractivity contribution in [3.8, 4) is 11.1 Å². The van der Waals surface area contributed by atoms with E-state index in [9.17, 15) is 0 Å². The average molecular weight is 551 g/mol. The third kappa shape index (κ3) is 7.57. The Labute approximate surface area is 226 Å². The summed E-state index contributed by atoms with van der Waals surface area (Å²) in [7, 11) is -1.34. The zero-order chi connectivity index (χ0) is 25.2. The molecule has 0 aliphatic heterocycles. The minimum absolute atomic E-state index is 0. The van der Waals surface area contributed by atoms with Crippen molar-refractivity contribution in [2.24, 2.45) is 0 Å². The SMILES string of the molecule is Brc1cccc2ncccc12.C.OB(O)c1ccccc1.c1ccc(-c2cccc3ncccc23)cc1. The Morgan fingerprint density at radius 3 is 1.65 bits per heavy atom. The van der Waals surface area contributed by atoms with Crippen molar-refractivity contribution in [3.05, 3.63) is 138 Å². The molecule has 0 aliphatic rings. The fourth-order valence-electron chi connectivity index (χ4n) is 3.66. The van der Waals surface area contributed by atoms with E-state index >= 15 is 0 Å². The summed E-state index contributed by atoms with van der Waals surface area (Å²) >= 11 is 3.46. The highest BCUT2D eigenvalue weighted by molar-refractivity contribution is 9.10. The molecule has 0 radical (unpaired) electrons. The largest absolute Gasteiger partial charge is 0.488 e. The number of nitrogens with zero attached hydrogens (tertiary/aromatic N) is 2. The van der Waals surface area contributed by atoms with Crippen LogP contribution in [0, 0.1) is 0 Å². The maximum absolute atomic E-state index is 8.58. The topological polar surface area (TPSA) is 66.2 Å². The number of benzene rings is 4. The van der Waals surface area contributed by atoms with Gasteiger partial charge in [0.15, 0.2) is 0 Å². The molecule has 2 aromatic heterocycles. The number of hydrogen-bond donors (Lipinski definition) is 2. The van der Waals surface area contributed by atoms with Crippen LogP contribution in [0.15, 0.2) is 138 Å². The van der Waals surface area contributed by atoms with Crippen molar-refractivity contribution >= 4 is 50.3 Å². The molecule has 4 aromatic carbocycles. The van der Waals surface area contributed by atoms with Crippen LogP contribution in [0.25, 0.3) is 32.9 Å². The maximum Gasteiger partial charge on any atom is 0.488 e. The van der Waals surface area contributed by atoms with E-state index in [1.165, 1.54) is 16.5 Å². The van der Waals surface area contributed by atoms with E-state index in [2.05, 4.69) is 68.4 Å². The van der Waals surface area contributed by atoms with Crippen molar-refractivity contribution in [2.75, 3.05) is 0 Å². The zero-order valence-electron chi connectivity index (χ0n) is 19.4. The fourth-order valence-corrected chi connectivity index (χ4v) is 4.15. The number of rotatable bonds is 2. The predicted molar refractivity (Wildman–Crippen MR) is 160 cm³/mol. The van der Waals surface area contributed by atoms with Gasteiger partial charge in [0.1, 0.15) is 0 Å². The monoisotopic (exact) mass is 550 g/mol. The van der Waals surface area contributed by atoms with Crippen LogP contribution in [-0.2, 0) is 0 Å². The summed E-state index contributed by atoms with van der Waals surface area (Å²) in [6.45, 7) is 0. The van der Waals surface area contributed by atoms with Crippen molar-refractivity contribution in [2.45, 2.75) is 7.43 Å². The van der Waals surface area contributed by atoms with Gasteiger partial charge in [-0.2, -0.15) is 0 Å². The molecule has 0 bridgehead atoms. The van der Waals surface area contributed by atoms with Gasteiger partial charge in [-0.15, -0.1) is 0 Å². The second kappa shape index (κ2) is 14.0. The number of pyridine rings is 2. The Morgan fingerprint density at radius 1 is 0.541 bits per heavy atom. The van der Waals surface area contributed by atoms with Gasteiger partial charge in [-0.1, -0.05) is 114 Å². The second-order valence-corrected chi connectivity index (χ2v) is 8.69. The standard InChI is InChI=1S/C15H11N.C9H6BrN.C6H7BO2.CH4/c1-2-6-12(7-3-1)13-8-4-10-15-14(13)9-5-11-16-15;10-8-4-1-5-9-7(8)3-2-6-11-9;8-7(9)6-4-2-1-3-5-6;/h1-11H;1-6H;1-5,8-9H;1H4.